The molecule has 0 atom stereocenters. The van der Waals surface area contributed by atoms with Crippen LogP contribution in [0.15, 0.2) is 16.6 Å². The number of hydrogen-bond acceptors (Lipinski definition) is 3. The predicted molar refractivity (Wildman–Crippen MR) is 79.5 cm³/mol. The second-order valence-electron chi connectivity index (χ2n) is 4.98. The third-order valence-corrected chi connectivity index (χ3v) is 4.31. The lowest BCUT2D eigenvalue weighted by molar-refractivity contribution is -0.136. The molecule has 1 aromatic rings. The fourth-order valence-electron chi connectivity index (χ4n) is 2.51. The van der Waals surface area contributed by atoms with E-state index in [0.717, 1.165) is 22.9 Å². The number of halogens is 1. The first kappa shape index (κ1) is 15.2. The number of methoxy groups -OCH3 is 1. The van der Waals surface area contributed by atoms with Gasteiger partial charge in [-0.25, -0.2) is 0 Å². The Morgan fingerprint density at radius 1 is 1.40 bits per heavy atom. The number of carbonyl (C=O) groups is 1. The normalized spacial score (nSPS) is 15.3. The van der Waals surface area contributed by atoms with Crippen molar-refractivity contribution in [1.82, 2.24) is 0 Å². The topological polar surface area (TPSA) is 55.8 Å². The molecule has 1 aliphatic rings. The van der Waals surface area contributed by atoms with Crippen molar-refractivity contribution in [3.8, 4) is 11.5 Å². The minimum absolute atomic E-state index is 0.0762. The molecule has 0 aliphatic heterocycles. The predicted octanol–water partition coefficient (Wildman–Crippen LogP) is 3.80. The molecule has 0 amide bonds. The number of carboxylic acid groups (broad SMARTS) is 1. The van der Waals surface area contributed by atoms with Crippen molar-refractivity contribution < 1.29 is 19.4 Å². The summed E-state index contributed by atoms with van der Waals surface area (Å²) in [6.07, 6.45) is 5.18. The Hall–Kier alpha value is -1.23. The van der Waals surface area contributed by atoms with Gasteiger partial charge in [0, 0.05) is 16.5 Å². The first-order chi connectivity index (χ1) is 9.61. The maximum Gasteiger partial charge on any atom is 0.303 e. The van der Waals surface area contributed by atoms with E-state index in [-0.39, 0.29) is 12.5 Å². The summed E-state index contributed by atoms with van der Waals surface area (Å²) in [6.45, 7) is 0. The van der Waals surface area contributed by atoms with E-state index >= 15 is 0 Å². The van der Waals surface area contributed by atoms with Gasteiger partial charge in [0.25, 0.3) is 0 Å². The van der Waals surface area contributed by atoms with Crippen LogP contribution < -0.4 is 9.47 Å². The quantitative estimate of drug-likeness (QED) is 0.854. The average molecular weight is 343 g/mol. The van der Waals surface area contributed by atoms with Crippen LogP contribution in [0.4, 0.5) is 0 Å². The zero-order chi connectivity index (χ0) is 14.5. The number of rotatable bonds is 6. The van der Waals surface area contributed by atoms with Gasteiger partial charge in [-0.05, 0) is 44.2 Å². The van der Waals surface area contributed by atoms with E-state index in [1.807, 2.05) is 12.1 Å². The third-order valence-electron chi connectivity index (χ3n) is 3.56. The van der Waals surface area contributed by atoms with Crippen molar-refractivity contribution in [2.45, 2.75) is 44.6 Å². The Bertz CT molecular complexity index is 481. The highest BCUT2D eigenvalue weighted by Crippen LogP contribution is 2.39. The molecule has 1 fully saturated rings. The highest BCUT2D eigenvalue weighted by Gasteiger charge is 2.22. The van der Waals surface area contributed by atoms with Crippen molar-refractivity contribution in [3.05, 3.63) is 22.2 Å². The average Bonchev–Trinajstić information content (AvgIpc) is 2.91. The Kier molecular flexibility index (Phi) is 5.29. The number of benzene rings is 1. The Morgan fingerprint density at radius 2 is 2.10 bits per heavy atom. The van der Waals surface area contributed by atoms with Crippen LogP contribution in [-0.2, 0) is 11.2 Å². The smallest absolute Gasteiger partial charge is 0.303 e. The van der Waals surface area contributed by atoms with Crippen LogP contribution in [-0.4, -0.2) is 24.3 Å². The zero-order valence-corrected chi connectivity index (χ0v) is 13.1. The minimum atomic E-state index is -0.813. The molecule has 0 radical (unpaired) electrons. The minimum Gasteiger partial charge on any atom is -0.493 e. The highest BCUT2D eigenvalue weighted by atomic mass is 79.9. The maximum absolute atomic E-state index is 10.8. The van der Waals surface area contributed by atoms with Gasteiger partial charge in [-0.1, -0.05) is 15.9 Å². The van der Waals surface area contributed by atoms with E-state index in [2.05, 4.69) is 15.9 Å². The molecule has 20 heavy (non-hydrogen) atoms. The van der Waals surface area contributed by atoms with Crippen LogP contribution in [0.5, 0.6) is 11.5 Å². The highest BCUT2D eigenvalue weighted by molar-refractivity contribution is 9.10. The summed E-state index contributed by atoms with van der Waals surface area (Å²) in [5.41, 5.74) is 0.874. The molecule has 2 rings (SSSR count). The van der Waals surface area contributed by atoms with Crippen LogP contribution in [0.1, 0.15) is 37.7 Å². The van der Waals surface area contributed by atoms with Gasteiger partial charge >= 0.3 is 5.97 Å². The standard InChI is InChI=1S/C15H19BrO4/c1-19-13-8-7-12(16)11(6-9-14(17)18)15(13)20-10-4-2-3-5-10/h7-8,10H,2-6,9H2,1H3,(H,17,18). The molecule has 0 unspecified atom stereocenters. The summed E-state index contributed by atoms with van der Waals surface area (Å²) in [7, 11) is 1.60. The molecule has 0 aromatic heterocycles. The van der Waals surface area contributed by atoms with Crippen molar-refractivity contribution in [2.75, 3.05) is 7.11 Å². The molecule has 0 bridgehead atoms. The van der Waals surface area contributed by atoms with E-state index < -0.39 is 5.97 Å². The molecular weight excluding hydrogens is 324 g/mol. The van der Waals surface area contributed by atoms with Crippen molar-refractivity contribution in [3.63, 3.8) is 0 Å². The van der Waals surface area contributed by atoms with Crippen LogP contribution in [0.3, 0.4) is 0 Å². The summed E-state index contributed by atoms with van der Waals surface area (Å²) in [4.78, 5) is 10.8. The molecule has 1 N–H and O–H groups in total. The fourth-order valence-corrected chi connectivity index (χ4v) is 3.02. The first-order valence-electron chi connectivity index (χ1n) is 6.85. The van der Waals surface area contributed by atoms with Crippen LogP contribution in [0.2, 0.25) is 0 Å². The molecule has 4 nitrogen and oxygen atoms in total. The molecule has 1 aromatic carbocycles. The summed E-state index contributed by atoms with van der Waals surface area (Å²) in [5, 5.41) is 8.88. The van der Waals surface area contributed by atoms with Crippen molar-refractivity contribution in [1.29, 1.82) is 0 Å². The van der Waals surface area contributed by atoms with Gasteiger partial charge in [-0.3, -0.25) is 4.79 Å². The van der Waals surface area contributed by atoms with E-state index in [1.165, 1.54) is 12.8 Å². The summed E-state index contributed by atoms with van der Waals surface area (Å²) >= 11 is 3.48. The van der Waals surface area contributed by atoms with Crippen molar-refractivity contribution in [2.24, 2.45) is 0 Å². The Labute approximate surface area is 127 Å². The first-order valence-corrected chi connectivity index (χ1v) is 7.65. The van der Waals surface area contributed by atoms with E-state index in [9.17, 15) is 4.79 Å². The molecule has 110 valence electrons. The lowest BCUT2D eigenvalue weighted by Gasteiger charge is -2.20. The summed E-state index contributed by atoms with van der Waals surface area (Å²) < 4.78 is 12.3. The van der Waals surface area contributed by atoms with Crippen molar-refractivity contribution >= 4 is 21.9 Å². The summed E-state index contributed by atoms with van der Waals surface area (Å²) in [6, 6.07) is 3.72. The molecule has 1 aliphatic carbocycles. The Morgan fingerprint density at radius 3 is 2.70 bits per heavy atom. The van der Waals surface area contributed by atoms with Gasteiger partial charge < -0.3 is 14.6 Å². The second-order valence-corrected chi connectivity index (χ2v) is 5.83. The lowest BCUT2D eigenvalue weighted by atomic mass is 10.1. The van der Waals surface area contributed by atoms with E-state index in [0.29, 0.717) is 17.9 Å². The number of aliphatic carboxylic acids is 1. The van der Waals surface area contributed by atoms with E-state index in [1.54, 1.807) is 7.11 Å². The van der Waals surface area contributed by atoms with Gasteiger partial charge in [0.05, 0.1) is 13.2 Å². The van der Waals surface area contributed by atoms with Gasteiger partial charge in [-0.15, -0.1) is 0 Å². The second kappa shape index (κ2) is 6.97. The Balaban J connectivity index is 2.27. The molecule has 5 heteroatoms. The number of hydrogen-bond donors (Lipinski definition) is 1. The lowest BCUT2D eigenvalue weighted by Crippen LogP contribution is -2.13. The van der Waals surface area contributed by atoms with E-state index in [4.69, 9.17) is 14.6 Å². The number of carboxylic acids is 1. The van der Waals surface area contributed by atoms with Gasteiger partial charge in [0.2, 0.25) is 0 Å². The van der Waals surface area contributed by atoms with Gasteiger partial charge in [0.15, 0.2) is 11.5 Å². The fraction of sp³-hybridized carbons (Fsp3) is 0.533. The van der Waals surface area contributed by atoms with Crippen LogP contribution in [0, 0.1) is 0 Å². The molecule has 0 spiro atoms. The maximum atomic E-state index is 10.8. The monoisotopic (exact) mass is 342 g/mol. The van der Waals surface area contributed by atoms with Gasteiger partial charge in [-0.2, -0.15) is 0 Å². The molecule has 0 heterocycles. The number of ether oxygens (including phenoxy) is 2. The molecule has 1 saturated carbocycles. The zero-order valence-electron chi connectivity index (χ0n) is 11.5. The largest absolute Gasteiger partial charge is 0.493 e. The van der Waals surface area contributed by atoms with Gasteiger partial charge in [0.1, 0.15) is 0 Å². The van der Waals surface area contributed by atoms with Crippen LogP contribution >= 0.6 is 15.9 Å². The third kappa shape index (κ3) is 3.66. The molecule has 0 saturated heterocycles. The van der Waals surface area contributed by atoms with Crippen LogP contribution in [0.25, 0.3) is 0 Å². The SMILES string of the molecule is COc1ccc(Br)c(CCC(=O)O)c1OC1CCCC1. The molecular formula is C15H19BrO4. The summed E-state index contributed by atoms with van der Waals surface area (Å²) in [5.74, 6) is 0.544.